The number of aromatic nitrogens is 2. The van der Waals surface area contributed by atoms with Gasteiger partial charge in [0.05, 0.1) is 11.4 Å². The van der Waals surface area contributed by atoms with Gasteiger partial charge in [0, 0.05) is 14.7 Å². The minimum Gasteiger partial charge on any atom is -0.361 e. The normalized spacial score (nSPS) is 12.3. The Labute approximate surface area is 128 Å². The number of benzene rings is 1. The van der Waals surface area contributed by atoms with Gasteiger partial charge in [0.15, 0.2) is 11.6 Å². The van der Waals surface area contributed by atoms with Gasteiger partial charge in [-0.05, 0) is 18.2 Å². The summed E-state index contributed by atoms with van der Waals surface area (Å²) < 4.78 is 34.3. The Bertz CT molecular complexity index is 640. The number of nitrogens with zero attached hydrogens (tertiary/aromatic N) is 2. The summed E-state index contributed by atoms with van der Waals surface area (Å²) in [6, 6.07) is 3.63. The Morgan fingerprint density at radius 1 is 1.29 bits per heavy atom. The maximum Gasteiger partial charge on any atom is 0.186 e. The van der Waals surface area contributed by atoms with Crippen molar-refractivity contribution in [2.45, 2.75) is 38.3 Å². The molecule has 0 aliphatic carbocycles. The molecule has 0 saturated heterocycles. The molecule has 116 valence electrons. The van der Waals surface area contributed by atoms with E-state index in [2.05, 4.69) is 24.6 Å². The molecule has 1 aromatic carbocycles. The average molecular weight is 333 g/mol. The van der Waals surface area contributed by atoms with Crippen LogP contribution in [0.5, 0.6) is 0 Å². The molecule has 0 aliphatic rings. The molecule has 0 spiro atoms. The molecule has 0 N–H and O–H groups in total. The predicted octanol–water partition coefficient (Wildman–Crippen LogP) is 4.37. The second-order valence-electron chi connectivity index (χ2n) is 6.17. The summed E-state index contributed by atoms with van der Waals surface area (Å²) >= 11 is 5.83. The SMILES string of the molecule is C[Si](C)(C)CCOCn1c(CCl)nc2c(F)c(F)ccc21. The molecular weight excluding hydrogens is 314 g/mol. The summed E-state index contributed by atoms with van der Waals surface area (Å²) in [6.07, 6.45) is 0. The van der Waals surface area contributed by atoms with Gasteiger partial charge < -0.3 is 9.30 Å². The molecule has 0 saturated carbocycles. The summed E-state index contributed by atoms with van der Waals surface area (Å²) in [5.41, 5.74) is 0.497. The van der Waals surface area contributed by atoms with Crippen molar-refractivity contribution in [3.63, 3.8) is 0 Å². The molecule has 0 atom stereocenters. The van der Waals surface area contributed by atoms with Crippen molar-refractivity contribution >= 4 is 30.7 Å². The lowest BCUT2D eigenvalue weighted by molar-refractivity contribution is 0.0883. The molecule has 0 bridgehead atoms. The number of hydrogen-bond donors (Lipinski definition) is 0. The Balaban J connectivity index is 2.20. The number of hydrogen-bond acceptors (Lipinski definition) is 2. The van der Waals surface area contributed by atoms with Crippen molar-refractivity contribution < 1.29 is 13.5 Å². The van der Waals surface area contributed by atoms with Crippen molar-refractivity contribution in [3.8, 4) is 0 Å². The molecule has 1 aromatic heterocycles. The standard InChI is InChI=1S/C14H19ClF2N2OSi/c1-21(2,3)7-6-20-9-19-11-5-4-10(16)13(17)14(11)18-12(19)8-15/h4-5H,6-9H2,1-3H3. The fourth-order valence-electron chi connectivity index (χ4n) is 1.96. The van der Waals surface area contributed by atoms with Crippen LogP contribution >= 0.6 is 11.6 Å². The van der Waals surface area contributed by atoms with Gasteiger partial charge in [-0.2, -0.15) is 0 Å². The van der Waals surface area contributed by atoms with Gasteiger partial charge in [0.25, 0.3) is 0 Å². The lowest BCUT2D eigenvalue weighted by atomic mass is 10.3. The third kappa shape index (κ3) is 3.81. The number of imidazole rings is 1. The summed E-state index contributed by atoms with van der Waals surface area (Å²) in [7, 11) is -1.16. The second-order valence-corrected chi connectivity index (χ2v) is 12.1. The molecule has 21 heavy (non-hydrogen) atoms. The van der Waals surface area contributed by atoms with Crippen LogP contribution in [-0.4, -0.2) is 24.2 Å². The van der Waals surface area contributed by atoms with Gasteiger partial charge in [-0.15, -0.1) is 11.6 Å². The predicted molar refractivity (Wildman–Crippen MR) is 83.3 cm³/mol. The number of alkyl halides is 1. The van der Waals surface area contributed by atoms with Gasteiger partial charge in [0.1, 0.15) is 18.1 Å². The maximum atomic E-state index is 13.7. The van der Waals surface area contributed by atoms with E-state index in [0.29, 0.717) is 17.9 Å². The molecule has 2 aromatic rings. The molecular formula is C14H19ClF2N2OSi. The molecule has 0 unspecified atom stereocenters. The lowest BCUT2D eigenvalue weighted by Gasteiger charge is -2.16. The van der Waals surface area contributed by atoms with Gasteiger partial charge in [0.2, 0.25) is 0 Å². The van der Waals surface area contributed by atoms with E-state index in [1.807, 2.05) is 0 Å². The first-order valence-corrected chi connectivity index (χ1v) is 11.0. The first-order chi connectivity index (χ1) is 9.83. The average Bonchev–Trinajstić information content (AvgIpc) is 2.76. The molecule has 0 aliphatic heterocycles. The van der Waals surface area contributed by atoms with Crippen LogP contribution < -0.4 is 0 Å². The molecule has 2 rings (SSSR count). The van der Waals surface area contributed by atoms with Crippen molar-refractivity contribution in [2.75, 3.05) is 6.61 Å². The van der Waals surface area contributed by atoms with Crippen LogP contribution in [0.2, 0.25) is 25.7 Å². The summed E-state index contributed by atoms with van der Waals surface area (Å²) in [4.78, 5) is 4.06. The fraction of sp³-hybridized carbons (Fsp3) is 0.500. The Morgan fingerprint density at radius 3 is 2.62 bits per heavy atom. The van der Waals surface area contributed by atoms with E-state index in [1.54, 1.807) is 4.57 Å². The maximum absolute atomic E-state index is 13.7. The van der Waals surface area contributed by atoms with E-state index < -0.39 is 19.7 Å². The number of fused-ring (bicyclic) bond motifs is 1. The Kier molecular flexibility index (Phi) is 5.01. The zero-order chi connectivity index (χ0) is 15.6. The number of ether oxygens (including phenoxy) is 1. The van der Waals surface area contributed by atoms with E-state index in [4.69, 9.17) is 16.3 Å². The van der Waals surface area contributed by atoms with Crippen LogP contribution in [0.25, 0.3) is 11.0 Å². The van der Waals surface area contributed by atoms with Crippen molar-refractivity contribution in [3.05, 3.63) is 29.6 Å². The zero-order valence-corrected chi connectivity index (χ0v) is 14.2. The third-order valence-corrected chi connectivity index (χ3v) is 5.17. The largest absolute Gasteiger partial charge is 0.361 e. The zero-order valence-electron chi connectivity index (χ0n) is 12.4. The van der Waals surface area contributed by atoms with Gasteiger partial charge in [-0.25, -0.2) is 13.8 Å². The molecule has 0 fully saturated rings. The van der Waals surface area contributed by atoms with Crippen LogP contribution in [0, 0.1) is 11.6 Å². The lowest BCUT2D eigenvalue weighted by Crippen LogP contribution is -2.22. The Hall–Kier alpha value is -0.983. The minimum absolute atomic E-state index is 0.000513. The first kappa shape index (κ1) is 16.4. The molecule has 0 amide bonds. The number of rotatable bonds is 6. The summed E-state index contributed by atoms with van der Waals surface area (Å²) in [5, 5.41) is 0. The van der Waals surface area contributed by atoms with Crippen molar-refractivity contribution in [1.82, 2.24) is 9.55 Å². The van der Waals surface area contributed by atoms with Crippen LogP contribution in [0.3, 0.4) is 0 Å². The van der Waals surface area contributed by atoms with Crippen LogP contribution in [0.1, 0.15) is 5.82 Å². The fourth-order valence-corrected chi connectivity index (χ4v) is 2.92. The van der Waals surface area contributed by atoms with E-state index in [0.717, 1.165) is 12.1 Å². The molecule has 7 heteroatoms. The highest BCUT2D eigenvalue weighted by molar-refractivity contribution is 6.76. The second kappa shape index (κ2) is 6.42. The monoisotopic (exact) mass is 332 g/mol. The van der Waals surface area contributed by atoms with E-state index in [9.17, 15) is 8.78 Å². The van der Waals surface area contributed by atoms with E-state index >= 15 is 0 Å². The van der Waals surface area contributed by atoms with Gasteiger partial charge in [-0.1, -0.05) is 19.6 Å². The first-order valence-electron chi connectivity index (χ1n) is 6.80. The van der Waals surface area contributed by atoms with Crippen molar-refractivity contribution in [1.29, 1.82) is 0 Å². The summed E-state index contributed by atoms with van der Waals surface area (Å²) in [6.45, 7) is 7.69. The highest BCUT2D eigenvalue weighted by atomic mass is 35.5. The van der Waals surface area contributed by atoms with E-state index in [-0.39, 0.29) is 18.1 Å². The highest BCUT2D eigenvalue weighted by Crippen LogP contribution is 2.22. The smallest absolute Gasteiger partial charge is 0.186 e. The molecule has 1 heterocycles. The molecule has 3 nitrogen and oxygen atoms in total. The van der Waals surface area contributed by atoms with Crippen LogP contribution in [-0.2, 0) is 17.3 Å². The highest BCUT2D eigenvalue weighted by Gasteiger charge is 2.17. The van der Waals surface area contributed by atoms with Crippen molar-refractivity contribution in [2.24, 2.45) is 0 Å². The Morgan fingerprint density at radius 2 is 2.00 bits per heavy atom. The van der Waals surface area contributed by atoms with E-state index in [1.165, 1.54) is 6.07 Å². The topological polar surface area (TPSA) is 27.1 Å². The van der Waals surface area contributed by atoms with Crippen LogP contribution in [0.15, 0.2) is 12.1 Å². The minimum atomic E-state index is -1.16. The quantitative estimate of drug-likeness (QED) is 0.446. The van der Waals surface area contributed by atoms with Gasteiger partial charge in [-0.3, -0.25) is 0 Å². The number of halogens is 3. The van der Waals surface area contributed by atoms with Gasteiger partial charge >= 0.3 is 0 Å². The third-order valence-electron chi connectivity index (χ3n) is 3.23. The molecule has 0 radical (unpaired) electrons. The van der Waals surface area contributed by atoms with Crippen LogP contribution in [0.4, 0.5) is 8.78 Å². The summed E-state index contributed by atoms with van der Waals surface area (Å²) in [5.74, 6) is -1.26.